The van der Waals surface area contributed by atoms with E-state index in [9.17, 15) is 0 Å². The molecule has 0 spiro atoms. The van der Waals surface area contributed by atoms with Crippen LogP contribution < -0.4 is 0 Å². The van der Waals surface area contributed by atoms with Crippen molar-refractivity contribution in [3.8, 4) is 54.3 Å². The normalized spacial score (nSPS) is 11.5. The summed E-state index contributed by atoms with van der Waals surface area (Å²) in [6.45, 7) is 0. The van der Waals surface area contributed by atoms with Gasteiger partial charge in [0.05, 0.1) is 20.8 Å². The first-order valence-electron chi connectivity index (χ1n) is 15.0. The van der Waals surface area contributed by atoms with Crippen molar-refractivity contribution in [2.75, 3.05) is 0 Å². The average molecular weight is 625 g/mol. The molecule has 0 saturated carbocycles. The van der Waals surface area contributed by atoms with E-state index in [1.165, 1.54) is 43.4 Å². The molecule has 0 N–H and O–H groups in total. The smallest absolute Gasteiger partial charge is 0.0797 e. The Kier molecular flexibility index (Phi) is 6.47. The van der Waals surface area contributed by atoms with Gasteiger partial charge in [0.15, 0.2) is 0 Å². The SMILES string of the molecule is c1ccc(-c2ccc3c4cc(-c5cncc(-c6cncs6)c5)ccc4c4ccc(-c5cncc(-c6cncs6)c5)cc4c3c2)cc1. The Morgan fingerprint density at radius 3 is 1.22 bits per heavy atom. The number of nitrogens with zero attached hydrogens (tertiary/aromatic N) is 4. The molecule has 0 aliphatic heterocycles. The zero-order valence-electron chi connectivity index (χ0n) is 24.5. The minimum absolute atomic E-state index is 1.08. The van der Waals surface area contributed by atoms with Gasteiger partial charge in [0.25, 0.3) is 0 Å². The summed E-state index contributed by atoms with van der Waals surface area (Å²) >= 11 is 3.25. The van der Waals surface area contributed by atoms with Gasteiger partial charge in [-0.1, -0.05) is 66.7 Å². The summed E-state index contributed by atoms with van der Waals surface area (Å²) in [5.41, 5.74) is 12.7. The van der Waals surface area contributed by atoms with Gasteiger partial charge in [-0.3, -0.25) is 19.9 Å². The van der Waals surface area contributed by atoms with E-state index in [0.717, 1.165) is 43.1 Å². The van der Waals surface area contributed by atoms with Crippen molar-refractivity contribution in [2.24, 2.45) is 0 Å². The first kappa shape index (κ1) is 26.8. The Labute approximate surface area is 273 Å². The molecule has 0 unspecified atom stereocenters. The molecule has 0 saturated heterocycles. The van der Waals surface area contributed by atoms with Gasteiger partial charge in [-0.25, -0.2) is 0 Å². The van der Waals surface area contributed by atoms with Gasteiger partial charge in [0.2, 0.25) is 0 Å². The predicted octanol–water partition coefficient (Wildman–Crippen LogP) is 11.2. The van der Waals surface area contributed by atoms with Gasteiger partial charge in [0, 0.05) is 59.4 Å². The molecule has 4 aromatic heterocycles. The maximum Gasteiger partial charge on any atom is 0.0797 e. The molecule has 9 rings (SSSR count). The predicted molar refractivity (Wildman–Crippen MR) is 193 cm³/mol. The molecule has 0 amide bonds. The van der Waals surface area contributed by atoms with Crippen LogP contribution in [0.3, 0.4) is 0 Å². The number of aromatic nitrogens is 4. The summed E-state index contributed by atoms with van der Waals surface area (Å²) in [6, 6.07) is 35.5. The second kappa shape index (κ2) is 11.1. The van der Waals surface area contributed by atoms with Gasteiger partial charge in [0.1, 0.15) is 0 Å². The third-order valence-corrected chi connectivity index (χ3v) is 10.3. The summed E-state index contributed by atoms with van der Waals surface area (Å²) in [6.07, 6.45) is 11.5. The quantitative estimate of drug-likeness (QED) is 0.179. The van der Waals surface area contributed by atoms with Crippen LogP contribution >= 0.6 is 22.7 Å². The van der Waals surface area contributed by atoms with Crippen LogP contribution in [0.15, 0.2) is 145 Å². The molecule has 0 aliphatic rings. The summed E-state index contributed by atoms with van der Waals surface area (Å²) in [4.78, 5) is 19.9. The molecule has 0 bridgehead atoms. The minimum atomic E-state index is 1.08. The maximum atomic E-state index is 4.59. The Morgan fingerprint density at radius 1 is 0.304 bits per heavy atom. The lowest BCUT2D eigenvalue weighted by atomic mass is 9.89. The molecule has 4 nitrogen and oxygen atoms in total. The van der Waals surface area contributed by atoms with E-state index in [1.807, 2.05) is 48.2 Å². The molecule has 0 atom stereocenters. The van der Waals surface area contributed by atoms with Crippen LogP contribution in [-0.2, 0) is 0 Å². The van der Waals surface area contributed by atoms with Gasteiger partial charge >= 0.3 is 0 Å². The van der Waals surface area contributed by atoms with E-state index in [4.69, 9.17) is 0 Å². The number of thiazole rings is 2. The van der Waals surface area contributed by atoms with Gasteiger partial charge in [-0.15, -0.1) is 22.7 Å². The first-order valence-corrected chi connectivity index (χ1v) is 16.7. The van der Waals surface area contributed by atoms with Crippen molar-refractivity contribution in [3.05, 3.63) is 145 Å². The fourth-order valence-corrected chi connectivity index (χ4v) is 7.57. The lowest BCUT2D eigenvalue weighted by Gasteiger charge is -2.15. The van der Waals surface area contributed by atoms with Crippen LogP contribution in [0.4, 0.5) is 0 Å². The average Bonchev–Trinajstić information content (AvgIpc) is 3.88. The molecule has 9 aromatic rings. The Hall–Kier alpha value is -5.56. The fraction of sp³-hybridized carbons (Fsp3) is 0. The largest absolute Gasteiger partial charge is 0.263 e. The van der Waals surface area contributed by atoms with Crippen LogP contribution in [0.1, 0.15) is 0 Å². The molecule has 4 heterocycles. The van der Waals surface area contributed by atoms with Crippen molar-refractivity contribution in [2.45, 2.75) is 0 Å². The fourth-order valence-electron chi connectivity index (χ4n) is 6.36. The van der Waals surface area contributed by atoms with E-state index in [-0.39, 0.29) is 0 Å². The molecule has 46 heavy (non-hydrogen) atoms. The van der Waals surface area contributed by atoms with E-state index >= 15 is 0 Å². The summed E-state index contributed by atoms with van der Waals surface area (Å²) in [5, 5.41) is 7.36. The van der Waals surface area contributed by atoms with Crippen molar-refractivity contribution in [3.63, 3.8) is 0 Å². The lowest BCUT2D eigenvalue weighted by Crippen LogP contribution is -1.89. The molecular weight excluding hydrogens is 601 g/mol. The van der Waals surface area contributed by atoms with Crippen LogP contribution in [-0.4, -0.2) is 19.9 Å². The zero-order chi connectivity index (χ0) is 30.5. The molecule has 6 heteroatoms. The number of hydrogen-bond donors (Lipinski definition) is 0. The highest BCUT2D eigenvalue weighted by Crippen LogP contribution is 2.41. The van der Waals surface area contributed by atoms with Crippen LogP contribution in [0.5, 0.6) is 0 Å². The molecule has 0 fully saturated rings. The van der Waals surface area contributed by atoms with E-state index in [2.05, 4.69) is 117 Å². The first-order chi connectivity index (χ1) is 22.8. The molecular formula is C40H24N4S2. The topological polar surface area (TPSA) is 51.6 Å². The van der Waals surface area contributed by atoms with Crippen molar-refractivity contribution in [1.29, 1.82) is 0 Å². The molecule has 216 valence electrons. The monoisotopic (exact) mass is 624 g/mol. The van der Waals surface area contributed by atoms with Crippen LogP contribution in [0, 0.1) is 0 Å². The Morgan fingerprint density at radius 2 is 0.739 bits per heavy atom. The Balaban J connectivity index is 1.27. The minimum Gasteiger partial charge on any atom is -0.263 e. The van der Waals surface area contributed by atoms with Crippen molar-refractivity contribution < 1.29 is 0 Å². The number of benzene rings is 5. The summed E-state index contributed by atoms with van der Waals surface area (Å²) in [7, 11) is 0. The van der Waals surface area contributed by atoms with E-state index in [1.54, 1.807) is 22.7 Å². The van der Waals surface area contributed by atoms with Gasteiger partial charge < -0.3 is 0 Å². The highest BCUT2D eigenvalue weighted by molar-refractivity contribution is 7.13. The molecule has 0 radical (unpaired) electrons. The van der Waals surface area contributed by atoms with E-state index in [0.29, 0.717) is 0 Å². The van der Waals surface area contributed by atoms with Gasteiger partial charge in [-0.05, 0) is 84.9 Å². The van der Waals surface area contributed by atoms with Crippen LogP contribution in [0.2, 0.25) is 0 Å². The third-order valence-electron chi connectivity index (χ3n) is 8.61. The van der Waals surface area contributed by atoms with E-state index < -0.39 is 0 Å². The lowest BCUT2D eigenvalue weighted by molar-refractivity contribution is 1.33. The van der Waals surface area contributed by atoms with Crippen molar-refractivity contribution >= 4 is 55.0 Å². The standard InChI is InChI=1S/C40H24N4S2/c1-2-4-25(5-3-1)26-6-11-35-36-15-27(29-12-31(19-41-17-29)39-21-43-23-45-39)7-9-33(36)34-10-8-28(16-37(34)38(35)14-26)30-13-32(20-42-18-30)40-22-44-24-46-40/h1-24H. The molecule has 0 aliphatic carbocycles. The second-order valence-corrected chi connectivity index (χ2v) is 13.1. The summed E-state index contributed by atoms with van der Waals surface area (Å²) in [5.74, 6) is 0. The zero-order valence-corrected chi connectivity index (χ0v) is 26.1. The van der Waals surface area contributed by atoms with Crippen LogP contribution in [0.25, 0.3) is 86.6 Å². The second-order valence-electron chi connectivity index (χ2n) is 11.3. The van der Waals surface area contributed by atoms with Crippen molar-refractivity contribution in [1.82, 2.24) is 19.9 Å². The highest BCUT2D eigenvalue weighted by atomic mass is 32.1. The Bertz CT molecular complexity index is 2520. The maximum absolute atomic E-state index is 4.59. The van der Waals surface area contributed by atoms with Gasteiger partial charge in [-0.2, -0.15) is 0 Å². The third kappa shape index (κ3) is 4.67. The highest BCUT2D eigenvalue weighted by Gasteiger charge is 2.14. The number of rotatable bonds is 5. The number of pyridine rings is 2. The number of hydrogen-bond acceptors (Lipinski definition) is 6. The molecule has 5 aromatic carbocycles. The summed E-state index contributed by atoms with van der Waals surface area (Å²) < 4.78 is 0. The number of fused-ring (bicyclic) bond motifs is 6.